The molecule has 0 heterocycles. The monoisotopic (exact) mass is 713 g/mol. The van der Waals surface area contributed by atoms with Crippen molar-refractivity contribution in [2.75, 3.05) is 19.8 Å². The molecule has 0 aromatic heterocycles. The van der Waals surface area contributed by atoms with Crippen LogP contribution in [0.5, 0.6) is 0 Å². The van der Waals surface area contributed by atoms with E-state index in [0.717, 1.165) is 51.4 Å². The van der Waals surface area contributed by atoms with E-state index in [4.69, 9.17) is 14.8 Å². The van der Waals surface area contributed by atoms with Gasteiger partial charge in [0.1, 0.15) is 0 Å². The molecule has 0 radical (unpaired) electrons. The molecule has 0 spiro atoms. The van der Waals surface area contributed by atoms with Gasteiger partial charge in [0.15, 0.2) is 0 Å². The van der Waals surface area contributed by atoms with Crippen LogP contribution in [-0.4, -0.2) is 47.8 Å². The molecule has 0 aliphatic rings. The number of rotatable bonds is 37. The zero-order valence-electron chi connectivity index (χ0n) is 31.7. The van der Waals surface area contributed by atoms with E-state index in [0.29, 0.717) is 6.42 Å². The van der Waals surface area contributed by atoms with E-state index in [1.54, 1.807) is 6.08 Å². The average molecular weight is 713 g/mol. The maximum atomic E-state index is 12.7. The Balaban J connectivity index is 4.20. The van der Waals surface area contributed by atoms with Gasteiger partial charge >= 0.3 is 7.82 Å². The predicted molar refractivity (Wildman–Crippen MR) is 208 cm³/mol. The minimum atomic E-state index is -4.34. The Morgan fingerprint density at radius 3 is 1.53 bits per heavy atom. The summed E-state index contributed by atoms with van der Waals surface area (Å²) >= 11 is 0. The van der Waals surface area contributed by atoms with Crippen LogP contribution in [0.15, 0.2) is 36.5 Å². The number of carbonyl (C=O) groups is 1. The van der Waals surface area contributed by atoms with E-state index in [-0.39, 0.29) is 25.7 Å². The van der Waals surface area contributed by atoms with Gasteiger partial charge in [-0.25, -0.2) is 4.57 Å². The fourth-order valence-electron chi connectivity index (χ4n) is 5.64. The molecule has 9 heteroatoms. The van der Waals surface area contributed by atoms with Gasteiger partial charge in [-0.2, -0.15) is 0 Å². The van der Waals surface area contributed by atoms with Crippen molar-refractivity contribution in [1.29, 1.82) is 0 Å². The van der Waals surface area contributed by atoms with Crippen molar-refractivity contribution in [1.82, 2.24) is 5.32 Å². The zero-order valence-corrected chi connectivity index (χ0v) is 32.6. The third-order valence-corrected chi connectivity index (χ3v) is 9.66. The number of unbranched alkanes of at least 4 members (excludes halogenated alkanes) is 21. The summed E-state index contributed by atoms with van der Waals surface area (Å²) in [4.78, 5) is 22.6. The molecule has 288 valence electrons. The number of phosphoric acid groups is 1. The molecule has 49 heavy (non-hydrogen) atoms. The van der Waals surface area contributed by atoms with Crippen LogP contribution in [0.1, 0.15) is 181 Å². The van der Waals surface area contributed by atoms with Crippen LogP contribution in [0.25, 0.3) is 0 Å². The van der Waals surface area contributed by atoms with E-state index >= 15 is 0 Å². The second kappa shape index (κ2) is 36.5. The summed E-state index contributed by atoms with van der Waals surface area (Å²) in [6.07, 6.45) is 42.0. The normalized spacial score (nSPS) is 14.6. The van der Waals surface area contributed by atoms with Gasteiger partial charge in [-0.05, 0) is 38.5 Å². The fraction of sp³-hybridized carbons (Fsp3) is 0.825. The number of amides is 1. The molecule has 1 amide bonds. The predicted octanol–water partition coefficient (Wildman–Crippen LogP) is 10.8. The van der Waals surface area contributed by atoms with Gasteiger partial charge in [0, 0.05) is 13.0 Å². The summed E-state index contributed by atoms with van der Waals surface area (Å²) in [5, 5.41) is 13.6. The fourth-order valence-corrected chi connectivity index (χ4v) is 6.40. The quantitative estimate of drug-likeness (QED) is 0.0286. The van der Waals surface area contributed by atoms with Crippen molar-refractivity contribution < 1.29 is 28.4 Å². The van der Waals surface area contributed by atoms with Gasteiger partial charge in [0.25, 0.3) is 0 Å². The number of hydrogen-bond donors (Lipinski definition) is 4. The van der Waals surface area contributed by atoms with Crippen molar-refractivity contribution >= 4 is 13.7 Å². The van der Waals surface area contributed by atoms with Crippen LogP contribution in [-0.2, 0) is 18.4 Å². The molecule has 5 N–H and O–H groups in total. The highest BCUT2D eigenvalue weighted by molar-refractivity contribution is 7.47. The number of allylic oxidation sites excluding steroid dienone is 5. The number of phosphoric ester groups is 1. The van der Waals surface area contributed by atoms with E-state index in [2.05, 4.69) is 43.5 Å². The largest absolute Gasteiger partial charge is 0.472 e. The summed E-state index contributed by atoms with van der Waals surface area (Å²) in [6.45, 7) is 4.03. The first-order chi connectivity index (χ1) is 23.9. The van der Waals surface area contributed by atoms with Crippen molar-refractivity contribution in [3.05, 3.63) is 36.5 Å². The number of nitrogens with one attached hydrogen (secondary N) is 1. The third kappa shape index (κ3) is 34.9. The van der Waals surface area contributed by atoms with E-state index in [1.165, 1.54) is 109 Å². The summed E-state index contributed by atoms with van der Waals surface area (Å²) in [7, 11) is -4.34. The lowest BCUT2D eigenvalue weighted by Crippen LogP contribution is -2.45. The molecule has 0 saturated heterocycles. The Labute approximate surface area is 301 Å². The number of aliphatic hydroxyl groups is 1. The third-order valence-electron chi connectivity index (χ3n) is 8.68. The highest BCUT2D eigenvalue weighted by Crippen LogP contribution is 2.43. The lowest BCUT2D eigenvalue weighted by atomic mass is 10.0. The molecule has 0 rings (SSSR count). The van der Waals surface area contributed by atoms with Gasteiger partial charge in [-0.3, -0.25) is 13.8 Å². The van der Waals surface area contributed by atoms with Crippen LogP contribution in [0, 0.1) is 0 Å². The smallest absolute Gasteiger partial charge is 0.387 e. The van der Waals surface area contributed by atoms with E-state index in [1.807, 2.05) is 6.08 Å². The molecule has 3 atom stereocenters. The average Bonchev–Trinajstić information content (AvgIpc) is 3.09. The summed E-state index contributed by atoms with van der Waals surface area (Å²) in [5.74, 6) is -0.209. The van der Waals surface area contributed by atoms with Gasteiger partial charge in [-0.1, -0.05) is 172 Å². The minimum absolute atomic E-state index is 0.0723. The SMILES string of the molecule is CCC/C=C/CC/C=C/CC/C=C/C(O)C(COP(=O)(O)OCCN)NC(=O)CCCCCCCCCCCCCCCCCCCCC. The van der Waals surface area contributed by atoms with Gasteiger partial charge in [0.05, 0.1) is 25.4 Å². The zero-order chi connectivity index (χ0) is 36.1. The van der Waals surface area contributed by atoms with Crippen LogP contribution in [0.2, 0.25) is 0 Å². The van der Waals surface area contributed by atoms with Crippen LogP contribution >= 0.6 is 7.82 Å². The lowest BCUT2D eigenvalue weighted by Gasteiger charge is -2.23. The highest BCUT2D eigenvalue weighted by atomic mass is 31.2. The van der Waals surface area contributed by atoms with Crippen molar-refractivity contribution in [2.45, 2.75) is 193 Å². The van der Waals surface area contributed by atoms with Crippen molar-refractivity contribution in [3.8, 4) is 0 Å². The Kier molecular flexibility index (Phi) is 35.6. The minimum Gasteiger partial charge on any atom is -0.387 e. The standard InChI is InChI=1S/C40H77N2O6P/c1-3-5-7-9-11-13-15-16-17-18-19-20-21-22-24-26-28-30-32-34-40(44)42-38(37-48-49(45,46)47-36-35-41)39(43)33-31-29-27-25-23-14-12-10-8-6-4-2/h8,10,23,25,31,33,38-39,43H,3-7,9,11-22,24,26-30,32,34-37,41H2,1-2H3,(H,42,44)(H,45,46)/b10-8+,25-23+,33-31+. The summed E-state index contributed by atoms with van der Waals surface area (Å²) in [6, 6.07) is -0.878. The Morgan fingerprint density at radius 1 is 0.653 bits per heavy atom. The Morgan fingerprint density at radius 2 is 1.08 bits per heavy atom. The van der Waals surface area contributed by atoms with Crippen LogP contribution in [0.4, 0.5) is 0 Å². The number of nitrogens with two attached hydrogens (primary N) is 1. The first kappa shape index (κ1) is 47.7. The van der Waals surface area contributed by atoms with Crippen molar-refractivity contribution in [2.24, 2.45) is 5.73 Å². The van der Waals surface area contributed by atoms with E-state index < -0.39 is 20.0 Å². The summed E-state index contributed by atoms with van der Waals surface area (Å²) in [5.41, 5.74) is 5.35. The van der Waals surface area contributed by atoms with Gasteiger partial charge < -0.3 is 21.1 Å². The first-order valence-electron chi connectivity index (χ1n) is 20.1. The molecule has 0 aromatic rings. The van der Waals surface area contributed by atoms with Crippen LogP contribution < -0.4 is 11.1 Å². The topological polar surface area (TPSA) is 131 Å². The number of aliphatic hydroxyl groups excluding tert-OH is 1. The van der Waals surface area contributed by atoms with E-state index in [9.17, 15) is 19.4 Å². The second-order valence-corrected chi connectivity index (χ2v) is 14.9. The van der Waals surface area contributed by atoms with Crippen molar-refractivity contribution in [3.63, 3.8) is 0 Å². The molecule has 8 nitrogen and oxygen atoms in total. The molecular weight excluding hydrogens is 635 g/mol. The molecule has 0 fully saturated rings. The van der Waals surface area contributed by atoms with Gasteiger partial charge in [0.2, 0.25) is 5.91 Å². The first-order valence-corrected chi connectivity index (χ1v) is 21.6. The summed E-state index contributed by atoms with van der Waals surface area (Å²) < 4.78 is 22.0. The Hall–Kier alpha value is -1.28. The maximum absolute atomic E-state index is 12.7. The molecule has 0 aliphatic heterocycles. The molecule has 0 bridgehead atoms. The maximum Gasteiger partial charge on any atom is 0.472 e. The lowest BCUT2D eigenvalue weighted by molar-refractivity contribution is -0.123. The molecule has 0 aliphatic carbocycles. The number of hydrogen-bond acceptors (Lipinski definition) is 6. The number of carbonyl (C=O) groups excluding carboxylic acids is 1. The van der Waals surface area contributed by atoms with Gasteiger partial charge in [-0.15, -0.1) is 0 Å². The second-order valence-electron chi connectivity index (χ2n) is 13.5. The van der Waals surface area contributed by atoms with Crippen LogP contribution in [0.3, 0.4) is 0 Å². The molecular formula is C40H77N2O6P. The Bertz CT molecular complexity index is 866. The molecule has 0 saturated carbocycles. The molecule has 3 unspecified atom stereocenters. The highest BCUT2D eigenvalue weighted by Gasteiger charge is 2.26. The molecule has 0 aromatic carbocycles.